The summed E-state index contributed by atoms with van der Waals surface area (Å²) >= 11 is 1.74. The Bertz CT molecular complexity index is 986. The highest BCUT2D eigenvalue weighted by Gasteiger charge is 2.23. The van der Waals surface area contributed by atoms with E-state index in [0.29, 0.717) is 37.8 Å². The van der Waals surface area contributed by atoms with Gasteiger partial charge in [0.15, 0.2) is 11.5 Å². The first kappa shape index (κ1) is 22.1. The van der Waals surface area contributed by atoms with Gasteiger partial charge in [-0.1, -0.05) is 6.07 Å². The Hall–Kier alpha value is -2.14. The van der Waals surface area contributed by atoms with E-state index in [1.54, 1.807) is 17.4 Å². The second kappa shape index (κ2) is 9.99. The molecule has 3 heterocycles. The predicted molar refractivity (Wildman–Crippen MR) is 118 cm³/mol. The lowest BCUT2D eigenvalue weighted by Gasteiger charge is -2.34. The molecule has 0 aliphatic carbocycles. The van der Waals surface area contributed by atoms with Crippen LogP contribution in [-0.2, 0) is 21.4 Å². The number of nitrogens with zero attached hydrogens (tertiary/aromatic N) is 2. The summed E-state index contributed by atoms with van der Waals surface area (Å²) in [6, 6.07) is 8.74. The number of nitrogens with one attached hydrogen (secondary N) is 1. The number of ether oxygens (including phenoxy) is 2. The number of carbonyl (C=O) groups excluding carboxylic acids is 1. The Morgan fingerprint density at radius 2 is 1.84 bits per heavy atom. The topological polar surface area (TPSA) is 88.2 Å². The molecule has 1 aromatic heterocycles. The maximum atomic E-state index is 12.6. The number of hydrogen-bond acceptors (Lipinski definition) is 7. The molecule has 168 valence electrons. The van der Waals surface area contributed by atoms with E-state index >= 15 is 0 Å². The fourth-order valence-electron chi connectivity index (χ4n) is 3.62. The Kier molecular flexibility index (Phi) is 7.11. The minimum atomic E-state index is -3.73. The monoisotopic (exact) mass is 465 g/mol. The molecule has 2 aromatic rings. The molecule has 0 atom stereocenters. The van der Waals surface area contributed by atoms with E-state index in [9.17, 15) is 13.2 Å². The van der Waals surface area contributed by atoms with Crippen molar-refractivity contribution in [3.63, 3.8) is 0 Å². The number of benzene rings is 1. The third-order valence-corrected chi connectivity index (χ3v) is 7.66. The van der Waals surface area contributed by atoms with Crippen LogP contribution in [0, 0.1) is 0 Å². The average Bonchev–Trinajstić information content (AvgIpc) is 3.16. The van der Waals surface area contributed by atoms with Gasteiger partial charge in [-0.05, 0) is 23.6 Å². The number of hydrogen-bond donors (Lipinski definition) is 1. The standard InChI is InChI=1S/C21H27N3O5S2/c25-21(24-10-8-23(9-11-24)16-17-3-1-14-30-17)6-7-22-31(26,27)18-4-5-19-20(15-18)29-13-2-12-28-19/h1,3-5,14-15,22H,2,6-13,16H2. The number of amides is 1. The average molecular weight is 466 g/mol. The molecule has 2 aliphatic heterocycles. The Labute approximate surface area is 186 Å². The van der Waals surface area contributed by atoms with Gasteiger partial charge in [-0.2, -0.15) is 0 Å². The summed E-state index contributed by atoms with van der Waals surface area (Å²) in [4.78, 5) is 18.1. The summed E-state index contributed by atoms with van der Waals surface area (Å²) in [7, 11) is -3.73. The number of fused-ring (bicyclic) bond motifs is 1. The minimum Gasteiger partial charge on any atom is -0.490 e. The lowest BCUT2D eigenvalue weighted by atomic mass is 10.2. The first-order valence-corrected chi connectivity index (χ1v) is 12.8. The zero-order chi connectivity index (χ0) is 21.7. The zero-order valence-electron chi connectivity index (χ0n) is 17.3. The number of piperazine rings is 1. The largest absolute Gasteiger partial charge is 0.490 e. The molecular formula is C21H27N3O5S2. The smallest absolute Gasteiger partial charge is 0.240 e. The Morgan fingerprint density at radius 1 is 1.06 bits per heavy atom. The van der Waals surface area contributed by atoms with Crippen LogP contribution < -0.4 is 14.2 Å². The fraction of sp³-hybridized carbons (Fsp3) is 0.476. The van der Waals surface area contributed by atoms with Crippen molar-refractivity contribution in [2.75, 3.05) is 45.9 Å². The highest BCUT2D eigenvalue weighted by Crippen LogP contribution is 2.31. The minimum absolute atomic E-state index is 0.0304. The second-order valence-electron chi connectivity index (χ2n) is 7.54. The summed E-state index contributed by atoms with van der Waals surface area (Å²) in [5, 5.41) is 2.07. The van der Waals surface area contributed by atoms with E-state index in [2.05, 4.69) is 21.1 Å². The Morgan fingerprint density at radius 3 is 2.58 bits per heavy atom. The summed E-state index contributed by atoms with van der Waals surface area (Å²) in [5.41, 5.74) is 0. The third kappa shape index (κ3) is 5.76. The molecule has 10 heteroatoms. The van der Waals surface area contributed by atoms with Crippen molar-refractivity contribution in [2.24, 2.45) is 0 Å². The summed E-state index contributed by atoms with van der Waals surface area (Å²) in [6.45, 7) is 4.98. The van der Waals surface area contributed by atoms with Gasteiger partial charge in [0.1, 0.15) is 0 Å². The van der Waals surface area contributed by atoms with Crippen LogP contribution in [0.5, 0.6) is 11.5 Å². The van der Waals surface area contributed by atoms with Crippen molar-refractivity contribution in [1.29, 1.82) is 0 Å². The SMILES string of the molecule is O=C(CCNS(=O)(=O)c1ccc2c(c1)OCCCO2)N1CCN(Cc2cccs2)CC1. The third-order valence-electron chi connectivity index (χ3n) is 5.34. The molecule has 4 rings (SSSR count). The molecule has 0 spiro atoms. The maximum Gasteiger partial charge on any atom is 0.240 e. The van der Waals surface area contributed by atoms with Crippen LogP contribution in [0.2, 0.25) is 0 Å². The fourth-order valence-corrected chi connectivity index (χ4v) is 5.42. The van der Waals surface area contributed by atoms with Crippen LogP contribution in [0.1, 0.15) is 17.7 Å². The van der Waals surface area contributed by atoms with Crippen molar-refractivity contribution in [3.8, 4) is 11.5 Å². The lowest BCUT2D eigenvalue weighted by molar-refractivity contribution is -0.132. The van der Waals surface area contributed by atoms with E-state index in [1.807, 2.05) is 11.0 Å². The van der Waals surface area contributed by atoms with Crippen LogP contribution in [0.15, 0.2) is 40.6 Å². The second-order valence-corrected chi connectivity index (χ2v) is 10.3. The van der Waals surface area contributed by atoms with Gasteiger partial charge < -0.3 is 14.4 Å². The normalized spacial score (nSPS) is 17.4. The molecule has 0 saturated carbocycles. The lowest BCUT2D eigenvalue weighted by Crippen LogP contribution is -2.48. The predicted octanol–water partition coefficient (Wildman–Crippen LogP) is 1.92. The summed E-state index contributed by atoms with van der Waals surface area (Å²) < 4.78 is 38.9. The number of carbonyl (C=O) groups is 1. The van der Waals surface area contributed by atoms with Gasteiger partial charge in [0.05, 0.1) is 18.1 Å². The molecule has 8 nitrogen and oxygen atoms in total. The van der Waals surface area contributed by atoms with E-state index in [-0.39, 0.29) is 23.8 Å². The maximum absolute atomic E-state index is 12.6. The molecule has 0 radical (unpaired) electrons. The van der Waals surface area contributed by atoms with Gasteiger partial charge >= 0.3 is 0 Å². The van der Waals surface area contributed by atoms with Gasteiger partial charge in [-0.3, -0.25) is 9.69 Å². The van der Waals surface area contributed by atoms with Gasteiger partial charge in [-0.15, -0.1) is 11.3 Å². The van der Waals surface area contributed by atoms with Crippen molar-refractivity contribution in [1.82, 2.24) is 14.5 Å². The molecule has 1 saturated heterocycles. The summed E-state index contributed by atoms with van der Waals surface area (Å²) in [6.07, 6.45) is 0.883. The number of thiophene rings is 1. The highest BCUT2D eigenvalue weighted by atomic mass is 32.2. The molecule has 31 heavy (non-hydrogen) atoms. The molecular weight excluding hydrogens is 438 g/mol. The van der Waals surface area contributed by atoms with E-state index in [0.717, 1.165) is 26.1 Å². The van der Waals surface area contributed by atoms with Gasteiger partial charge in [0.2, 0.25) is 15.9 Å². The van der Waals surface area contributed by atoms with Crippen LogP contribution >= 0.6 is 11.3 Å². The molecule has 0 unspecified atom stereocenters. The van der Waals surface area contributed by atoms with Crippen molar-refractivity contribution < 1.29 is 22.7 Å². The Balaban J connectivity index is 1.24. The highest BCUT2D eigenvalue weighted by molar-refractivity contribution is 7.89. The molecule has 1 fully saturated rings. The van der Waals surface area contributed by atoms with Crippen LogP contribution in [-0.4, -0.2) is 70.1 Å². The number of sulfonamides is 1. The van der Waals surface area contributed by atoms with Crippen LogP contribution in [0.3, 0.4) is 0 Å². The van der Waals surface area contributed by atoms with Gasteiger partial charge in [0.25, 0.3) is 0 Å². The van der Waals surface area contributed by atoms with Crippen LogP contribution in [0.4, 0.5) is 0 Å². The van der Waals surface area contributed by atoms with Crippen LogP contribution in [0.25, 0.3) is 0 Å². The van der Waals surface area contributed by atoms with Gasteiger partial charge in [-0.25, -0.2) is 13.1 Å². The van der Waals surface area contributed by atoms with E-state index < -0.39 is 10.0 Å². The molecule has 1 aromatic carbocycles. The van der Waals surface area contributed by atoms with Gasteiger partial charge in [0, 0.05) is 63.1 Å². The first-order valence-electron chi connectivity index (χ1n) is 10.4. The van der Waals surface area contributed by atoms with Crippen molar-refractivity contribution in [3.05, 3.63) is 40.6 Å². The first-order chi connectivity index (χ1) is 15.0. The molecule has 1 amide bonds. The van der Waals surface area contributed by atoms with E-state index in [4.69, 9.17) is 9.47 Å². The zero-order valence-corrected chi connectivity index (χ0v) is 18.9. The molecule has 1 N–H and O–H groups in total. The van der Waals surface area contributed by atoms with Crippen molar-refractivity contribution >= 4 is 27.3 Å². The molecule has 0 bridgehead atoms. The van der Waals surface area contributed by atoms with E-state index in [1.165, 1.54) is 17.0 Å². The quantitative estimate of drug-likeness (QED) is 0.672. The number of rotatable bonds is 7. The van der Waals surface area contributed by atoms with Crippen molar-refractivity contribution in [2.45, 2.75) is 24.3 Å². The summed E-state index contributed by atoms with van der Waals surface area (Å²) in [5.74, 6) is 0.943. The molecule has 2 aliphatic rings.